The second-order valence-corrected chi connectivity index (χ2v) is 71.0. The Labute approximate surface area is 669 Å². The Kier molecular flexibility index (Phi) is 30.9. The first-order chi connectivity index (χ1) is 51.4. The van der Waals surface area contributed by atoms with E-state index >= 15 is 0 Å². The summed E-state index contributed by atoms with van der Waals surface area (Å²) in [5.41, 5.74) is 2.04. The average Bonchev–Trinajstić information content (AvgIpc) is 1.49. The second-order valence-electron chi connectivity index (χ2n) is 32.1. The summed E-state index contributed by atoms with van der Waals surface area (Å²) in [6.45, 7) is 6.56. The predicted octanol–water partition coefficient (Wildman–Crippen LogP) is 29.7. The van der Waals surface area contributed by atoms with Crippen molar-refractivity contribution in [3.8, 4) is 54.8 Å². The van der Waals surface area contributed by atoms with Gasteiger partial charge in [0.15, 0.2) is 0 Å². The average molecular weight is 1880 g/mol. The Hall–Kier alpha value is -4.20. The number of aryl methyl sites for hydroxylation is 1. The van der Waals surface area contributed by atoms with E-state index in [0.717, 1.165) is 42.0 Å². The van der Waals surface area contributed by atoms with Gasteiger partial charge in [-0.3, -0.25) is 0 Å². The number of rotatable bonds is 36. The number of benzene rings is 6. The first kappa shape index (κ1) is 86.2. The first-order valence-electron chi connectivity index (χ1n) is 39.7. The van der Waals surface area contributed by atoms with Crippen molar-refractivity contribution in [2.75, 3.05) is 0 Å². The molecule has 108 heavy (non-hydrogen) atoms. The zero-order valence-corrected chi connectivity index (χ0v) is 76.0. The summed E-state index contributed by atoms with van der Waals surface area (Å²) in [6.07, 6.45) is 27.2. The molecule has 0 fully saturated rings. The summed E-state index contributed by atoms with van der Waals surface area (Å²) >= 11 is 7.51. The molecule has 0 radical (unpaired) electrons. The van der Waals surface area contributed by atoms with Gasteiger partial charge in [0.05, 0.1) is 50.5 Å². The monoisotopic (exact) mass is 1880 g/mol. The van der Waals surface area contributed by atoms with Crippen LogP contribution in [0.25, 0.3) is 87.6 Å². The molecule has 580 valence electrons. The molecular formula is C88H107Br2F9N4S2SiSn2. The third kappa shape index (κ3) is 22.2. The van der Waals surface area contributed by atoms with Crippen molar-refractivity contribution in [3.05, 3.63) is 153 Å². The van der Waals surface area contributed by atoms with Gasteiger partial charge in [0.2, 0.25) is 0 Å². The van der Waals surface area contributed by atoms with E-state index in [1.54, 1.807) is 21.9 Å². The molecular weight excluding hydrogens is 1770 g/mol. The van der Waals surface area contributed by atoms with Gasteiger partial charge >= 0.3 is 256 Å². The van der Waals surface area contributed by atoms with Crippen molar-refractivity contribution in [2.45, 2.75) is 261 Å². The molecule has 5 heterocycles. The minimum absolute atomic E-state index is 0.0952. The Morgan fingerprint density at radius 2 is 0.574 bits per heavy atom. The van der Waals surface area contributed by atoms with Gasteiger partial charge in [0, 0.05) is 42.0 Å². The maximum Gasteiger partial charge on any atom is 0.416 e. The van der Waals surface area contributed by atoms with Crippen LogP contribution in [0.3, 0.4) is 0 Å². The molecule has 0 aliphatic carbocycles. The molecule has 20 heteroatoms. The fourth-order valence-corrected chi connectivity index (χ4v) is 36.8. The number of alkyl halides is 9. The molecule has 1 aliphatic heterocycles. The van der Waals surface area contributed by atoms with Crippen LogP contribution in [0, 0.1) is 6.92 Å². The maximum atomic E-state index is 13.5. The van der Waals surface area contributed by atoms with Gasteiger partial charge in [-0.05, 0) is 87.3 Å². The summed E-state index contributed by atoms with van der Waals surface area (Å²) in [4.78, 5) is 39.4. The molecule has 4 nitrogen and oxygen atoms in total. The number of hydrogen-bond acceptors (Lipinski definition) is 6. The van der Waals surface area contributed by atoms with Crippen LogP contribution in [0.2, 0.25) is 41.7 Å². The van der Waals surface area contributed by atoms with Crippen LogP contribution < -0.4 is 16.2 Å². The minimum atomic E-state index is -4.63. The van der Waals surface area contributed by atoms with Crippen molar-refractivity contribution >= 4 is 148 Å². The van der Waals surface area contributed by atoms with Crippen molar-refractivity contribution in [3.63, 3.8) is 0 Å². The minimum Gasteiger partial charge on any atom is -0.243 e. The number of unbranched alkanes of at least 4 members (excludes halogenated alkanes) is 26. The van der Waals surface area contributed by atoms with E-state index in [0.29, 0.717) is 53.3 Å². The van der Waals surface area contributed by atoms with Crippen LogP contribution in [-0.2, 0) is 18.5 Å². The van der Waals surface area contributed by atoms with E-state index in [4.69, 9.17) is 19.9 Å². The summed E-state index contributed by atoms with van der Waals surface area (Å²) < 4.78 is 126. The van der Waals surface area contributed by atoms with E-state index in [1.807, 2.05) is 47.3 Å². The summed E-state index contributed by atoms with van der Waals surface area (Å²) in [5, 5.41) is 4.85. The van der Waals surface area contributed by atoms with E-state index < -0.39 is 80.0 Å². The molecule has 0 N–H and O–H groups in total. The molecule has 0 amide bonds. The molecule has 0 saturated carbocycles. The number of fused-ring (bicyclic) bond motifs is 8. The van der Waals surface area contributed by atoms with E-state index in [2.05, 4.69) is 110 Å². The van der Waals surface area contributed by atoms with Crippen molar-refractivity contribution in [2.24, 2.45) is 0 Å². The van der Waals surface area contributed by atoms with E-state index in [1.165, 1.54) is 228 Å². The largest absolute Gasteiger partial charge is 0.416 e. The van der Waals surface area contributed by atoms with Crippen LogP contribution in [0.4, 0.5) is 39.5 Å². The molecule has 6 aromatic carbocycles. The van der Waals surface area contributed by atoms with Gasteiger partial charge in [0.1, 0.15) is 11.0 Å². The summed E-state index contributed by atoms with van der Waals surface area (Å²) in [6, 6.07) is 32.7. The van der Waals surface area contributed by atoms with Crippen LogP contribution in [-0.4, -0.2) is 64.8 Å². The summed E-state index contributed by atoms with van der Waals surface area (Å²) in [5.74, 6) is 0. The Bertz CT molecular complexity index is 4490. The molecule has 0 unspecified atom stereocenters. The van der Waals surface area contributed by atoms with Crippen LogP contribution in [0.1, 0.15) is 216 Å². The molecule has 11 rings (SSSR count). The third-order valence-corrected chi connectivity index (χ3v) is 49.6. The Morgan fingerprint density at radius 1 is 0.333 bits per heavy atom. The SMILES string of the molecule is CCCCCCCCCCCCCCCC[Si]1(CCCCCCCCCCCCCCCC)c2c[c]([Sn]([CH3])([CH3])[CH3])sc2-c2s[c]([Sn]([CH3])([CH3])[CH3])cc21.Cc1ccc(-c2nc3c(Br)cc4c(cc(Br)c5nc(-c6ccc(C(F)(F)F)cc6)c(-c6ccc(C(F)(F)F)cc6)nc54)c3nc2-c2ccc(C(F)(F)F)cc2)cc1. The van der Waals surface area contributed by atoms with Gasteiger partial charge in [0.25, 0.3) is 0 Å². The topological polar surface area (TPSA) is 51.6 Å². The van der Waals surface area contributed by atoms with Crippen LogP contribution in [0.15, 0.2) is 130 Å². The Balaban J connectivity index is 0.000000232. The van der Waals surface area contributed by atoms with Crippen molar-refractivity contribution in [1.82, 2.24) is 19.9 Å². The maximum absolute atomic E-state index is 13.5. The second kappa shape index (κ2) is 38.8. The smallest absolute Gasteiger partial charge is 0.243 e. The number of thiophene rings is 2. The number of nitrogens with zero attached hydrogens (tertiary/aromatic N) is 4. The van der Waals surface area contributed by atoms with Gasteiger partial charge in [-0.15, -0.1) is 0 Å². The molecule has 10 aromatic rings. The van der Waals surface area contributed by atoms with Crippen molar-refractivity contribution in [1.29, 1.82) is 0 Å². The summed E-state index contributed by atoms with van der Waals surface area (Å²) in [7, 11) is -1.71. The zero-order valence-electron chi connectivity index (χ0n) is 64.5. The standard InChI is InChI=1S/C42H21Br2F9N4.C40H68S2Si.6CH3.2Sn/c1-20-2-4-21(5-3-20)34-32(22-6-12-25(13-7-22)40(45,46)47)54-36-28-19-31(44)39-37(29(28)18-30(43)38(36)56-34)55-33(23-8-14-26(15-9-23)41(48,49)50)35(57-39)24-10-16-27(17-11-24)42(51,52)53;1-3-5-7-9-11-13-15-17-19-21-23-25-27-29-35-43(37-31-33-41-39(37)40-38(43)32-34-42-40)36-30-28-26-24-22-20-18-16-14-12-10-8-6-4-2;;;;;;;;/h2-19H,1H3;31-32H,3-30,35-36H2,1-2H3;6*1H3;;. The number of aromatic nitrogens is 4. The molecule has 1 aliphatic rings. The van der Waals surface area contributed by atoms with Crippen molar-refractivity contribution < 1.29 is 39.5 Å². The van der Waals surface area contributed by atoms with Gasteiger partial charge in [-0.25, -0.2) is 19.9 Å². The van der Waals surface area contributed by atoms with Crippen LogP contribution >= 0.6 is 54.5 Å². The van der Waals surface area contributed by atoms with E-state index in [9.17, 15) is 39.5 Å². The number of hydrogen-bond donors (Lipinski definition) is 0. The third-order valence-electron chi connectivity index (χ3n) is 21.5. The molecule has 0 bridgehead atoms. The fraction of sp³-hybridized carbons (Fsp3) is 0.477. The first-order valence-corrected chi connectivity index (χ1v) is 65.3. The van der Waals surface area contributed by atoms with Gasteiger partial charge < -0.3 is 0 Å². The number of halogens is 11. The molecule has 0 saturated heterocycles. The predicted molar refractivity (Wildman–Crippen MR) is 456 cm³/mol. The van der Waals surface area contributed by atoms with Crippen LogP contribution in [0.5, 0.6) is 0 Å². The van der Waals surface area contributed by atoms with E-state index in [-0.39, 0.29) is 33.5 Å². The Morgan fingerprint density at radius 3 is 0.824 bits per heavy atom. The molecule has 0 spiro atoms. The zero-order chi connectivity index (χ0) is 77.6. The molecule has 4 aromatic heterocycles. The normalized spacial score (nSPS) is 13.3. The quantitative estimate of drug-likeness (QED) is 0.0170. The molecule has 0 atom stereocenters. The fourth-order valence-electron chi connectivity index (χ4n) is 15.1. The van der Waals surface area contributed by atoms with Gasteiger partial charge in [-0.2, -0.15) is 39.5 Å². The van der Waals surface area contributed by atoms with Gasteiger partial charge in [-0.1, -0.05) is 170 Å².